The SMILES string of the molecule is C/C=C\c1cccc(OS(=O)(=O)OOCC)c1CCCCCCCCC.CCOCC.N. The van der Waals surface area contributed by atoms with Crippen molar-refractivity contribution in [1.29, 1.82) is 0 Å². The Bertz CT molecular complexity index is 690. The van der Waals surface area contributed by atoms with Crippen molar-refractivity contribution in [3.05, 3.63) is 35.4 Å². The molecule has 0 saturated carbocycles. The first-order valence-corrected chi connectivity index (χ1v) is 12.9. The van der Waals surface area contributed by atoms with Crippen molar-refractivity contribution in [2.45, 2.75) is 86.0 Å². The normalized spacial score (nSPS) is 11.0. The summed E-state index contributed by atoms with van der Waals surface area (Å²) in [6, 6.07) is 5.38. The Morgan fingerprint density at radius 2 is 1.50 bits per heavy atom. The molecule has 0 bridgehead atoms. The molecule has 0 fully saturated rings. The molecule has 0 heterocycles. The Morgan fingerprint density at radius 3 is 2.03 bits per heavy atom. The maximum absolute atomic E-state index is 11.9. The highest BCUT2D eigenvalue weighted by Gasteiger charge is 2.18. The molecule has 3 N–H and O–H groups in total. The molecule has 0 radical (unpaired) electrons. The molecule has 0 amide bonds. The van der Waals surface area contributed by atoms with Gasteiger partial charge in [-0.05, 0) is 52.2 Å². The topological polar surface area (TPSA) is 106 Å². The molecule has 1 rings (SSSR count). The number of allylic oxidation sites excluding steroid dienone is 1. The predicted octanol–water partition coefficient (Wildman–Crippen LogP) is 6.81. The summed E-state index contributed by atoms with van der Waals surface area (Å²) < 4.78 is 38.0. The molecular weight excluding hydrogens is 430 g/mol. The maximum Gasteiger partial charge on any atom is 0.476 e. The van der Waals surface area contributed by atoms with Gasteiger partial charge in [0, 0.05) is 18.8 Å². The van der Waals surface area contributed by atoms with E-state index in [4.69, 9.17) is 8.92 Å². The summed E-state index contributed by atoms with van der Waals surface area (Å²) >= 11 is 0. The van der Waals surface area contributed by atoms with Crippen LogP contribution in [0.3, 0.4) is 0 Å². The second-order valence-corrected chi connectivity index (χ2v) is 8.06. The van der Waals surface area contributed by atoms with Crippen molar-refractivity contribution in [1.82, 2.24) is 6.15 Å². The highest BCUT2D eigenvalue weighted by atomic mass is 32.3. The summed E-state index contributed by atoms with van der Waals surface area (Å²) in [7, 11) is -4.24. The molecule has 0 atom stereocenters. The monoisotopic (exact) mass is 475 g/mol. The fraction of sp³-hybridized carbons (Fsp3) is 0.667. The highest BCUT2D eigenvalue weighted by Crippen LogP contribution is 2.27. The molecule has 0 aliphatic heterocycles. The summed E-state index contributed by atoms with van der Waals surface area (Å²) in [5.41, 5.74) is 1.84. The van der Waals surface area contributed by atoms with Crippen LogP contribution in [0, 0.1) is 0 Å². The van der Waals surface area contributed by atoms with Gasteiger partial charge in [0.05, 0.1) is 6.61 Å². The van der Waals surface area contributed by atoms with Crippen LogP contribution in [-0.2, 0) is 30.8 Å². The van der Waals surface area contributed by atoms with Crippen LogP contribution in [0.5, 0.6) is 5.75 Å². The molecule has 0 aliphatic rings. The Balaban J connectivity index is 0. The fourth-order valence-electron chi connectivity index (χ4n) is 2.96. The van der Waals surface area contributed by atoms with E-state index in [9.17, 15) is 8.42 Å². The zero-order chi connectivity index (χ0) is 23.4. The molecule has 0 spiro atoms. The van der Waals surface area contributed by atoms with Crippen molar-refractivity contribution >= 4 is 16.5 Å². The van der Waals surface area contributed by atoms with Gasteiger partial charge in [-0.2, -0.15) is 8.42 Å². The minimum absolute atomic E-state index is 0. The third-order valence-electron chi connectivity index (χ3n) is 4.40. The van der Waals surface area contributed by atoms with Crippen LogP contribution in [0.15, 0.2) is 24.3 Å². The lowest BCUT2D eigenvalue weighted by Gasteiger charge is -2.13. The Morgan fingerprint density at radius 1 is 0.875 bits per heavy atom. The van der Waals surface area contributed by atoms with E-state index in [1.807, 2.05) is 39.0 Å². The van der Waals surface area contributed by atoms with Crippen LogP contribution in [0.25, 0.3) is 6.08 Å². The quantitative estimate of drug-likeness (QED) is 0.159. The van der Waals surface area contributed by atoms with Crippen molar-refractivity contribution in [2.24, 2.45) is 0 Å². The van der Waals surface area contributed by atoms with E-state index in [2.05, 4.69) is 16.1 Å². The van der Waals surface area contributed by atoms with Crippen molar-refractivity contribution < 1.29 is 26.6 Å². The van der Waals surface area contributed by atoms with E-state index in [1.165, 1.54) is 32.1 Å². The van der Waals surface area contributed by atoms with Crippen LogP contribution in [0.1, 0.15) is 90.7 Å². The number of hydrogen-bond donors (Lipinski definition) is 1. The number of unbranched alkanes of at least 4 members (excludes halogenated alkanes) is 6. The molecule has 0 unspecified atom stereocenters. The number of hydrogen-bond acceptors (Lipinski definition) is 7. The van der Waals surface area contributed by atoms with E-state index in [1.54, 1.807) is 19.1 Å². The lowest BCUT2D eigenvalue weighted by molar-refractivity contribution is -0.202. The van der Waals surface area contributed by atoms with Gasteiger partial charge < -0.3 is 15.1 Å². The third-order valence-corrected chi connectivity index (χ3v) is 5.04. The summed E-state index contributed by atoms with van der Waals surface area (Å²) in [6.45, 7) is 11.6. The van der Waals surface area contributed by atoms with Gasteiger partial charge in [0.25, 0.3) is 0 Å². The first-order valence-electron chi connectivity index (χ1n) is 11.5. The molecule has 0 aliphatic carbocycles. The summed E-state index contributed by atoms with van der Waals surface area (Å²) in [4.78, 5) is 4.51. The second kappa shape index (κ2) is 21.4. The van der Waals surface area contributed by atoms with Gasteiger partial charge in [-0.3, -0.25) is 0 Å². The lowest BCUT2D eigenvalue weighted by atomic mass is 9.99. The zero-order valence-electron chi connectivity index (χ0n) is 20.7. The second-order valence-electron chi connectivity index (χ2n) is 6.94. The van der Waals surface area contributed by atoms with Crippen molar-refractivity contribution in [2.75, 3.05) is 19.8 Å². The van der Waals surface area contributed by atoms with E-state index in [0.29, 0.717) is 5.75 Å². The summed E-state index contributed by atoms with van der Waals surface area (Å²) in [5.74, 6) is 0.297. The Kier molecular flexibility index (Phi) is 21.9. The van der Waals surface area contributed by atoms with E-state index in [-0.39, 0.29) is 12.8 Å². The number of rotatable bonds is 16. The van der Waals surface area contributed by atoms with Gasteiger partial charge in [-0.1, -0.05) is 74.1 Å². The Labute approximate surface area is 196 Å². The summed E-state index contributed by atoms with van der Waals surface area (Å²) in [6.07, 6.45) is 13.0. The van der Waals surface area contributed by atoms with Crippen LogP contribution >= 0.6 is 0 Å². The first-order chi connectivity index (χ1) is 15.0. The smallest absolute Gasteiger partial charge is 0.382 e. The van der Waals surface area contributed by atoms with E-state index in [0.717, 1.165) is 43.6 Å². The fourth-order valence-corrected chi connectivity index (χ4v) is 3.58. The number of ether oxygens (including phenoxy) is 1. The van der Waals surface area contributed by atoms with Crippen molar-refractivity contribution in [3.8, 4) is 5.75 Å². The van der Waals surface area contributed by atoms with Crippen LogP contribution in [0.2, 0.25) is 0 Å². The maximum atomic E-state index is 11.9. The molecule has 0 saturated heterocycles. The first kappa shape index (κ1) is 32.7. The van der Waals surface area contributed by atoms with Gasteiger partial charge in [0.15, 0.2) is 0 Å². The van der Waals surface area contributed by atoms with E-state index >= 15 is 0 Å². The lowest BCUT2D eigenvalue weighted by Crippen LogP contribution is -2.15. The van der Waals surface area contributed by atoms with Crippen LogP contribution < -0.4 is 10.3 Å². The minimum Gasteiger partial charge on any atom is -0.382 e. The largest absolute Gasteiger partial charge is 0.476 e. The van der Waals surface area contributed by atoms with Gasteiger partial charge in [-0.25, -0.2) is 4.89 Å². The van der Waals surface area contributed by atoms with Gasteiger partial charge in [0.1, 0.15) is 5.75 Å². The Hall–Kier alpha value is -1.45. The molecule has 0 aromatic heterocycles. The van der Waals surface area contributed by atoms with Crippen molar-refractivity contribution in [3.63, 3.8) is 0 Å². The highest BCUT2D eigenvalue weighted by molar-refractivity contribution is 7.82. The molecule has 32 heavy (non-hydrogen) atoms. The molecule has 188 valence electrons. The molecule has 1 aromatic carbocycles. The van der Waals surface area contributed by atoms with Gasteiger partial charge in [0.2, 0.25) is 0 Å². The van der Waals surface area contributed by atoms with Gasteiger partial charge >= 0.3 is 10.4 Å². The molecule has 7 nitrogen and oxygen atoms in total. The van der Waals surface area contributed by atoms with Crippen LogP contribution in [0.4, 0.5) is 0 Å². The standard InChI is InChI=1S/C20H32O5S.C4H10O.H3N/c1-4-7-8-9-10-11-12-16-19-18(14-5-2)15-13-17-20(19)24-26(21,22)25-23-6-3;1-3-5-4-2;/h5,13-15,17H,4,6-12,16H2,1-3H3;3-4H2,1-2H3;1H3/b14-5-;;. The average Bonchev–Trinajstić information content (AvgIpc) is 2.74. The predicted molar refractivity (Wildman–Crippen MR) is 132 cm³/mol. The molecule has 8 heteroatoms. The van der Waals surface area contributed by atoms with Crippen LogP contribution in [-0.4, -0.2) is 28.2 Å². The number of benzene rings is 1. The summed E-state index contributed by atoms with van der Waals surface area (Å²) in [5, 5.41) is 0. The molecule has 1 aromatic rings. The van der Waals surface area contributed by atoms with E-state index < -0.39 is 10.4 Å². The average molecular weight is 476 g/mol. The molecular formula is C24H45NO6S. The third kappa shape index (κ3) is 16.2. The minimum atomic E-state index is -4.24. The zero-order valence-corrected chi connectivity index (χ0v) is 21.5. The van der Waals surface area contributed by atoms with Gasteiger partial charge in [-0.15, -0.1) is 0 Å².